The van der Waals surface area contributed by atoms with E-state index in [9.17, 15) is 4.79 Å². The Morgan fingerprint density at radius 2 is 1.66 bits per heavy atom. The highest BCUT2D eigenvalue weighted by molar-refractivity contribution is 5.92. The molecule has 0 saturated carbocycles. The Balaban J connectivity index is 1.56. The summed E-state index contributed by atoms with van der Waals surface area (Å²) in [5, 5.41) is 3.03. The fraction of sp³-hybridized carbons (Fsp3) is 0.435. The molecule has 1 aliphatic rings. The van der Waals surface area contributed by atoms with Crippen molar-refractivity contribution < 1.29 is 14.3 Å². The van der Waals surface area contributed by atoms with Gasteiger partial charge in [-0.25, -0.2) is 0 Å². The molecule has 0 aromatic heterocycles. The molecule has 1 unspecified atom stereocenters. The molecular weight excluding hydrogens is 366 g/mol. The van der Waals surface area contributed by atoms with Crippen molar-refractivity contribution in [3.8, 4) is 11.5 Å². The topological polar surface area (TPSA) is 54.0 Å². The van der Waals surface area contributed by atoms with Gasteiger partial charge < -0.3 is 24.6 Å². The molecule has 1 fully saturated rings. The van der Waals surface area contributed by atoms with Crippen LogP contribution in [0.25, 0.3) is 0 Å². The average Bonchev–Trinajstić information content (AvgIpc) is 2.74. The van der Waals surface area contributed by atoms with Crippen molar-refractivity contribution in [1.82, 2.24) is 4.90 Å². The molecule has 1 aliphatic heterocycles. The highest BCUT2D eigenvalue weighted by Crippen LogP contribution is 2.28. The third-order valence-corrected chi connectivity index (χ3v) is 5.44. The quantitative estimate of drug-likeness (QED) is 0.777. The number of likely N-dealkylation sites (N-methyl/N-ethyl adjacent to an activating group) is 1. The average molecular weight is 398 g/mol. The lowest BCUT2D eigenvalue weighted by Gasteiger charge is -2.34. The van der Waals surface area contributed by atoms with Crippen molar-refractivity contribution in [3.63, 3.8) is 0 Å². The summed E-state index contributed by atoms with van der Waals surface area (Å²) in [6.45, 7) is 6.15. The Morgan fingerprint density at radius 1 is 1.00 bits per heavy atom. The van der Waals surface area contributed by atoms with Crippen LogP contribution in [0.1, 0.15) is 12.5 Å². The number of nitrogens with one attached hydrogen (secondary N) is 1. The van der Waals surface area contributed by atoms with E-state index in [2.05, 4.69) is 34.3 Å². The van der Waals surface area contributed by atoms with Gasteiger partial charge in [-0.05, 0) is 55.4 Å². The Kier molecular flexibility index (Phi) is 6.99. The second-order valence-electron chi connectivity index (χ2n) is 7.62. The SMILES string of the molecule is COc1ccc(CC(C)C(=O)Nc2ccc(N3CCN(C)CC3)cc2)cc1OC. The smallest absolute Gasteiger partial charge is 0.227 e. The normalized spacial score (nSPS) is 15.7. The summed E-state index contributed by atoms with van der Waals surface area (Å²) in [6, 6.07) is 13.9. The maximum absolute atomic E-state index is 12.6. The number of hydrogen-bond donors (Lipinski definition) is 1. The molecule has 1 atom stereocenters. The predicted octanol–water partition coefficient (Wildman–Crippen LogP) is 3.27. The van der Waals surface area contributed by atoms with Gasteiger partial charge in [-0.2, -0.15) is 0 Å². The van der Waals surface area contributed by atoms with E-state index >= 15 is 0 Å². The molecule has 156 valence electrons. The summed E-state index contributed by atoms with van der Waals surface area (Å²) in [5.41, 5.74) is 3.07. The fourth-order valence-electron chi connectivity index (χ4n) is 3.54. The van der Waals surface area contributed by atoms with Crippen LogP contribution < -0.4 is 19.7 Å². The van der Waals surface area contributed by atoms with Gasteiger partial charge in [-0.1, -0.05) is 13.0 Å². The van der Waals surface area contributed by atoms with Crippen LogP contribution in [0.5, 0.6) is 11.5 Å². The Hall–Kier alpha value is -2.73. The Bertz CT molecular complexity index is 815. The molecule has 1 N–H and O–H groups in total. The molecule has 0 bridgehead atoms. The van der Waals surface area contributed by atoms with Gasteiger partial charge in [0, 0.05) is 43.5 Å². The molecule has 2 aromatic rings. The highest BCUT2D eigenvalue weighted by atomic mass is 16.5. The molecule has 0 radical (unpaired) electrons. The van der Waals surface area contributed by atoms with E-state index in [1.807, 2.05) is 37.3 Å². The summed E-state index contributed by atoms with van der Waals surface area (Å²) in [5.74, 6) is 1.21. The first-order chi connectivity index (χ1) is 14.0. The van der Waals surface area contributed by atoms with Crippen LogP contribution in [0.2, 0.25) is 0 Å². The molecule has 1 saturated heterocycles. The number of benzene rings is 2. The van der Waals surface area contributed by atoms with Gasteiger partial charge in [0.15, 0.2) is 11.5 Å². The van der Waals surface area contributed by atoms with Crippen LogP contribution in [0.4, 0.5) is 11.4 Å². The third-order valence-electron chi connectivity index (χ3n) is 5.44. The van der Waals surface area contributed by atoms with Crippen molar-refractivity contribution in [2.45, 2.75) is 13.3 Å². The molecule has 6 nitrogen and oxygen atoms in total. The van der Waals surface area contributed by atoms with Crippen LogP contribution >= 0.6 is 0 Å². The molecule has 0 aliphatic carbocycles. The van der Waals surface area contributed by atoms with Gasteiger partial charge in [-0.15, -0.1) is 0 Å². The zero-order valence-corrected chi connectivity index (χ0v) is 17.8. The molecule has 3 rings (SSSR count). The molecule has 1 amide bonds. The summed E-state index contributed by atoms with van der Waals surface area (Å²) < 4.78 is 10.6. The molecule has 29 heavy (non-hydrogen) atoms. The second-order valence-corrected chi connectivity index (χ2v) is 7.62. The molecule has 1 heterocycles. The van der Waals surface area contributed by atoms with Crippen LogP contribution in [0.15, 0.2) is 42.5 Å². The Labute approximate surface area is 173 Å². The first-order valence-electron chi connectivity index (χ1n) is 10.1. The number of methoxy groups -OCH3 is 2. The van der Waals surface area contributed by atoms with E-state index < -0.39 is 0 Å². The van der Waals surface area contributed by atoms with Crippen molar-refractivity contribution in [2.24, 2.45) is 5.92 Å². The van der Waals surface area contributed by atoms with E-state index in [-0.39, 0.29) is 11.8 Å². The largest absolute Gasteiger partial charge is 0.493 e. The predicted molar refractivity (Wildman–Crippen MR) is 117 cm³/mol. The number of anilines is 2. The van der Waals surface area contributed by atoms with Crippen LogP contribution in [0.3, 0.4) is 0 Å². The van der Waals surface area contributed by atoms with Crippen molar-refractivity contribution in [3.05, 3.63) is 48.0 Å². The van der Waals surface area contributed by atoms with E-state index in [4.69, 9.17) is 9.47 Å². The zero-order valence-electron chi connectivity index (χ0n) is 17.8. The van der Waals surface area contributed by atoms with Gasteiger partial charge in [0.1, 0.15) is 0 Å². The first-order valence-corrected chi connectivity index (χ1v) is 10.1. The van der Waals surface area contributed by atoms with Crippen molar-refractivity contribution >= 4 is 17.3 Å². The maximum atomic E-state index is 12.6. The molecule has 0 spiro atoms. The van der Waals surface area contributed by atoms with Gasteiger partial charge in [-0.3, -0.25) is 4.79 Å². The number of carbonyl (C=O) groups excluding carboxylic acids is 1. The van der Waals surface area contributed by atoms with Crippen LogP contribution in [-0.4, -0.2) is 58.3 Å². The number of nitrogens with zero attached hydrogens (tertiary/aromatic N) is 2. The van der Waals surface area contributed by atoms with E-state index in [0.29, 0.717) is 17.9 Å². The van der Waals surface area contributed by atoms with Gasteiger partial charge >= 0.3 is 0 Å². The summed E-state index contributed by atoms with van der Waals surface area (Å²) in [7, 11) is 5.38. The number of ether oxygens (including phenoxy) is 2. The molecule has 2 aromatic carbocycles. The number of hydrogen-bond acceptors (Lipinski definition) is 5. The van der Waals surface area contributed by atoms with Crippen molar-refractivity contribution in [2.75, 3.05) is 57.7 Å². The van der Waals surface area contributed by atoms with Crippen LogP contribution in [-0.2, 0) is 11.2 Å². The van der Waals surface area contributed by atoms with Gasteiger partial charge in [0.25, 0.3) is 0 Å². The minimum atomic E-state index is -0.162. The lowest BCUT2D eigenvalue weighted by atomic mass is 10.00. The zero-order chi connectivity index (χ0) is 20.8. The van der Waals surface area contributed by atoms with E-state index in [1.54, 1.807) is 14.2 Å². The lowest BCUT2D eigenvalue weighted by molar-refractivity contribution is -0.119. The standard InChI is InChI=1S/C23H31N3O3/c1-17(15-18-5-10-21(28-3)22(16-18)29-4)23(27)24-19-6-8-20(9-7-19)26-13-11-25(2)12-14-26/h5-10,16-17H,11-15H2,1-4H3,(H,24,27). The summed E-state index contributed by atoms with van der Waals surface area (Å²) >= 11 is 0. The summed E-state index contributed by atoms with van der Waals surface area (Å²) in [4.78, 5) is 17.4. The summed E-state index contributed by atoms with van der Waals surface area (Å²) in [6.07, 6.45) is 0.631. The first kappa shape index (κ1) is 21.0. The van der Waals surface area contributed by atoms with E-state index in [1.165, 1.54) is 5.69 Å². The second kappa shape index (κ2) is 9.65. The van der Waals surface area contributed by atoms with Gasteiger partial charge in [0.05, 0.1) is 14.2 Å². The number of rotatable bonds is 7. The van der Waals surface area contributed by atoms with Crippen LogP contribution in [0, 0.1) is 5.92 Å². The lowest BCUT2D eigenvalue weighted by Crippen LogP contribution is -2.44. The highest BCUT2D eigenvalue weighted by Gasteiger charge is 2.17. The Morgan fingerprint density at radius 3 is 2.28 bits per heavy atom. The molecular formula is C23H31N3O3. The fourth-order valence-corrected chi connectivity index (χ4v) is 3.54. The maximum Gasteiger partial charge on any atom is 0.227 e. The van der Waals surface area contributed by atoms with Gasteiger partial charge in [0.2, 0.25) is 5.91 Å². The number of carbonyl (C=O) groups is 1. The van der Waals surface area contributed by atoms with E-state index in [0.717, 1.165) is 37.4 Å². The minimum absolute atomic E-state index is 0.00660. The monoisotopic (exact) mass is 397 g/mol. The third kappa shape index (κ3) is 5.41. The number of piperazine rings is 1. The number of amides is 1. The van der Waals surface area contributed by atoms with Crippen molar-refractivity contribution in [1.29, 1.82) is 0 Å². The minimum Gasteiger partial charge on any atom is -0.493 e. The molecule has 6 heteroatoms.